The van der Waals surface area contributed by atoms with Crippen molar-refractivity contribution in [2.45, 2.75) is 64.7 Å². The minimum atomic E-state index is -0.717. The number of unbranched alkanes of at least 4 members (excludes halogenated alkanes) is 1. The maximum absolute atomic E-state index is 11.7. The van der Waals surface area contributed by atoms with Crippen LogP contribution in [-0.2, 0) is 9.63 Å². The van der Waals surface area contributed by atoms with Crippen LogP contribution in [0.2, 0.25) is 0 Å². The lowest BCUT2D eigenvalue weighted by molar-refractivity contribution is -0.757. The standard InChI is InChI=1S/C19H35N3O4/c1-2-3-4-5-6-10-19(23)20-13-8-14-21-15-11-18(12-16-21)9-7-17-26-22(24)25/h3-4,18H,2,5-17H2,1H3,(H,20,23)/b4-3-. The van der Waals surface area contributed by atoms with Gasteiger partial charge in [0.15, 0.2) is 0 Å². The van der Waals surface area contributed by atoms with Crippen LogP contribution in [0.15, 0.2) is 12.2 Å². The number of hydrogen-bond donors (Lipinski definition) is 1. The Hall–Kier alpha value is -1.63. The van der Waals surface area contributed by atoms with Gasteiger partial charge in [0.25, 0.3) is 5.09 Å². The molecule has 1 aliphatic heterocycles. The van der Waals surface area contributed by atoms with E-state index in [0.717, 1.165) is 77.5 Å². The number of amides is 1. The lowest BCUT2D eigenvalue weighted by Gasteiger charge is -2.32. The molecule has 1 rings (SSSR count). The fourth-order valence-corrected chi connectivity index (χ4v) is 3.29. The molecule has 1 fully saturated rings. The van der Waals surface area contributed by atoms with Crippen LogP contribution >= 0.6 is 0 Å². The summed E-state index contributed by atoms with van der Waals surface area (Å²) in [6, 6.07) is 0. The summed E-state index contributed by atoms with van der Waals surface area (Å²) < 4.78 is 0. The molecular weight excluding hydrogens is 334 g/mol. The number of rotatable bonds is 14. The number of piperidine rings is 1. The number of carbonyl (C=O) groups excluding carboxylic acids is 1. The molecule has 0 atom stereocenters. The van der Waals surface area contributed by atoms with Gasteiger partial charge >= 0.3 is 0 Å². The number of carbonyl (C=O) groups is 1. The third-order valence-corrected chi connectivity index (χ3v) is 4.81. The van der Waals surface area contributed by atoms with E-state index in [1.165, 1.54) is 0 Å². The van der Waals surface area contributed by atoms with Crippen LogP contribution in [0.25, 0.3) is 0 Å². The fourth-order valence-electron chi connectivity index (χ4n) is 3.29. The van der Waals surface area contributed by atoms with E-state index < -0.39 is 5.09 Å². The second kappa shape index (κ2) is 14.5. The first-order chi connectivity index (χ1) is 12.6. The molecule has 0 radical (unpaired) electrons. The van der Waals surface area contributed by atoms with Crippen LogP contribution in [0.5, 0.6) is 0 Å². The minimum absolute atomic E-state index is 0.158. The van der Waals surface area contributed by atoms with Crippen LogP contribution in [0.3, 0.4) is 0 Å². The third-order valence-electron chi connectivity index (χ3n) is 4.81. The van der Waals surface area contributed by atoms with Crippen LogP contribution in [0, 0.1) is 16.0 Å². The fraction of sp³-hybridized carbons (Fsp3) is 0.842. The largest absolute Gasteiger partial charge is 0.356 e. The van der Waals surface area contributed by atoms with Gasteiger partial charge in [-0.2, -0.15) is 0 Å². The van der Waals surface area contributed by atoms with Gasteiger partial charge in [-0.3, -0.25) is 4.79 Å². The van der Waals surface area contributed by atoms with E-state index in [0.29, 0.717) is 12.3 Å². The summed E-state index contributed by atoms with van der Waals surface area (Å²) in [6.07, 6.45) is 12.9. The van der Waals surface area contributed by atoms with Crippen LogP contribution in [0.1, 0.15) is 64.7 Å². The van der Waals surface area contributed by atoms with E-state index in [2.05, 4.69) is 34.1 Å². The Morgan fingerprint density at radius 2 is 2.04 bits per heavy atom. The minimum Gasteiger partial charge on any atom is -0.356 e. The molecule has 0 saturated carbocycles. The van der Waals surface area contributed by atoms with Gasteiger partial charge in [-0.15, -0.1) is 10.1 Å². The van der Waals surface area contributed by atoms with Crippen LogP contribution in [0.4, 0.5) is 0 Å². The smallest absolute Gasteiger partial charge is 0.294 e. The van der Waals surface area contributed by atoms with Gasteiger partial charge in [-0.25, -0.2) is 0 Å². The first kappa shape index (κ1) is 22.4. The molecule has 7 heteroatoms. The van der Waals surface area contributed by atoms with Gasteiger partial charge in [0.2, 0.25) is 5.91 Å². The van der Waals surface area contributed by atoms with Gasteiger partial charge in [-0.05, 0) is 76.9 Å². The van der Waals surface area contributed by atoms with Gasteiger partial charge < -0.3 is 15.1 Å². The average molecular weight is 370 g/mol. The molecule has 1 saturated heterocycles. The first-order valence-corrected chi connectivity index (χ1v) is 10.0. The molecule has 7 nitrogen and oxygen atoms in total. The number of nitrogens with zero attached hydrogens (tertiary/aromatic N) is 2. The highest BCUT2D eigenvalue weighted by atomic mass is 16.9. The van der Waals surface area contributed by atoms with E-state index in [-0.39, 0.29) is 12.5 Å². The van der Waals surface area contributed by atoms with Crippen LogP contribution < -0.4 is 5.32 Å². The topological polar surface area (TPSA) is 84.7 Å². The Balaban J connectivity index is 1.95. The lowest BCUT2D eigenvalue weighted by Crippen LogP contribution is -2.36. The van der Waals surface area contributed by atoms with Crippen LogP contribution in [-0.4, -0.2) is 48.7 Å². The summed E-state index contributed by atoms with van der Waals surface area (Å²) in [7, 11) is 0. The molecule has 0 aliphatic carbocycles. The molecule has 1 aliphatic rings. The molecule has 1 N–H and O–H groups in total. The molecule has 0 unspecified atom stereocenters. The predicted octanol–water partition coefficient (Wildman–Crippen LogP) is 3.33. The van der Waals surface area contributed by atoms with E-state index in [9.17, 15) is 14.9 Å². The molecule has 1 amide bonds. The van der Waals surface area contributed by atoms with Gasteiger partial charge in [-0.1, -0.05) is 19.1 Å². The predicted molar refractivity (Wildman–Crippen MR) is 102 cm³/mol. The number of likely N-dealkylation sites (tertiary alicyclic amines) is 1. The molecule has 0 spiro atoms. The number of nitrogens with one attached hydrogen (secondary N) is 1. The van der Waals surface area contributed by atoms with Crippen molar-refractivity contribution in [1.29, 1.82) is 0 Å². The zero-order chi connectivity index (χ0) is 19.0. The second-order valence-electron chi connectivity index (χ2n) is 6.96. The Kier molecular flexibility index (Phi) is 12.5. The normalized spacial score (nSPS) is 16.0. The highest BCUT2D eigenvalue weighted by Gasteiger charge is 2.18. The molecule has 0 aromatic carbocycles. The molecule has 0 bridgehead atoms. The number of allylic oxidation sites excluding steroid dienone is 2. The van der Waals surface area contributed by atoms with Crippen molar-refractivity contribution >= 4 is 5.91 Å². The molecule has 0 aromatic heterocycles. The van der Waals surface area contributed by atoms with Crippen molar-refractivity contribution < 1.29 is 14.7 Å². The van der Waals surface area contributed by atoms with Crippen molar-refractivity contribution in [3.63, 3.8) is 0 Å². The Morgan fingerprint density at radius 3 is 2.73 bits per heavy atom. The lowest BCUT2D eigenvalue weighted by atomic mass is 9.92. The maximum atomic E-state index is 11.7. The molecule has 26 heavy (non-hydrogen) atoms. The van der Waals surface area contributed by atoms with E-state index >= 15 is 0 Å². The summed E-state index contributed by atoms with van der Waals surface area (Å²) in [5, 5.41) is 12.4. The molecule has 0 aromatic rings. The highest BCUT2D eigenvalue weighted by Crippen LogP contribution is 2.21. The van der Waals surface area contributed by atoms with Gasteiger partial charge in [0.1, 0.15) is 0 Å². The third kappa shape index (κ3) is 11.8. The SMILES string of the molecule is CC/C=C\CCCC(=O)NCCCN1CCC(CCCO[N+](=O)[O-])CC1. The summed E-state index contributed by atoms with van der Waals surface area (Å²) in [6.45, 7) is 6.26. The zero-order valence-corrected chi connectivity index (χ0v) is 16.2. The van der Waals surface area contributed by atoms with Gasteiger partial charge in [0.05, 0.1) is 6.61 Å². The highest BCUT2D eigenvalue weighted by molar-refractivity contribution is 5.75. The molecule has 150 valence electrons. The maximum Gasteiger partial charge on any atom is 0.294 e. The number of hydrogen-bond acceptors (Lipinski definition) is 5. The van der Waals surface area contributed by atoms with E-state index in [4.69, 9.17) is 0 Å². The summed E-state index contributed by atoms with van der Waals surface area (Å²) in [5.74, 6) is 0.814. The zero-order valence-electron chi connectivity index (χ0n) is 16.2. The monoisotopic (exact) mass is 369 g/mol. The van der Waals surface area contributed by atoms with Gasteiger partial charge in [0, 0.05) is 13.0 Å². The Bertz CT molecular complexity index is 421. The first-order valence-electron chi connectivity index (χ1n) is 10.0. The van der Waals surface area contributed by atoms with E-state index in [1.807, 2.05) is 0 Å². The molecule has 1 heterocycles. The summed E-state index contributed by atoms with van der Waals surface area (Å²) in [5.41, 5.74) is 0. The van der Waals surface area contributed by atoms with Crippen molar-refractivity contribution in [3.8, 4) is 0 Å². The second-order valence-corrected chi connectivity index (χ2v) is 6.96. The van der Waals surface area contributed by atoms with Crippen molar-refractivity contribution in [3.05, 3.63) is 22.3 Å². The van der Waals surface area contributed by atoms with Crippen molar-refractivity contribution in [2.24, 2.45) is 5.92 Å². The quantitative estimate of drug-likeness (QED) is 0.220. The summed E-state index contributed by atoms with van der Waals surface area (Å²) in [4.78, 5) is 28.6. The summed E-state index contributed by atoms with van der Waals surface area (Å²) >= 11 is 0. The average Bonchev–Trinajstić information content (AvgIpc) is 2.63. The van der Waals surface area contributed by atoms with E-state index in [1.54, 1.807) is 0 Å². The Morgan fingerprint density at radius 1 is 1.27 bits per heavy atom. The Labute approximate surface area is 157 Å². The molecular formula is C19H35N3O4. The van der Waals surface area contributed by atoms with Crippen molar-refractivity contribution in [2.75, 3.05) is 32.8 Å². The van der Waals surface area contributed by atoms with Crippen molar-refractivity contribution in [1.82, 2.24) is 10.2 Å².